The van der Waals surface area contributed by atoms with Crippen LogP contribution in [0.25, 0.3) is 0 Å². The molecule has 1 saturated heterocycles. The van der Waals surface area contributed by atoms with Crippen molar-refractivity contribution in [2.45, 2.75) is 38.8 Å². The third-order valence-electron chi connectivity index (χ3n) is 5.06. The molecule has 1 fully saturated rings. The van der Waals surface area contributed by atoms with Gasteiger partial charge in [0.25, 0.3) is 5.91 Å². The normalized spacial score (nSPS) is 21.0. The van der Waals surface area contributed by atoms with Crippen molar-refractivity contribution in [2.75, 3.05) is 31.3 Å². The summed E-state index contributed by atoms with van der Waals surface area (Å²) in [6, 6.07) is 4.19. The standard InChI is InChI=1S/C19H25NO7S/c1-3-13(2)20(15-6-9-28(23,24)12-15)18(21)11-27-19(22)14-4-5-16-17(10-14)26-8-7-25-16/h4-5,10,13,15H,3,6-9,11-12H2,1-2H3/t13-,15+/m0/s1. The molecule has 2 heterocycles. The van der Waals surface area contributed by atoms with E-state index in [4.69, 9.17) is 14.2 Å². The highest BCUT2D eigenvalue weighted by Crippen LogP contribution is 2.31. The lowest BCUT2D eigenvalue weighted by molar-refractivity contribution is -0.138. The van der Waals surface area contributed by atoms with E-state index in [0.717, 1.165) is 0 Å². The van der Waals surface area contributed by atoms with E-state index in [0.29, 0.717) is 37.6 Å². The first-order valence-corrected chi connectivity index (χ1v) is 11.2. The zero-order chi connectivity index (χ0) is 20.3. The van der Waals surface area contributed by atoms with Crippen LogP contribution in [-0.2, 0) is 19.4 Å². The lowest BCUT2D eigenvalue weighted by Crippen LogP contribution is -2.48. The van der Waals surface area contributed by atoms with Crippen molar-refractivity contribution < 1.29 is 32.2 Å². The zero-order valence-corrected chi connectivity index (χ0v) is 16.9. The molecule has 28 heavy (non-hydrogen) atoms. The smallest absolute Gasteiger partial charge is 0.338 e. The summed E-state index contributed by atoms with van der Waals surface area (Å²) >= 11 is 0. The average molecular weight is 411 g/mol. The van der Waals surface area contributed by atoms with Gasteiger partial charge in [-0.15, -0.1) is 0 Å². The first-order chi connectivity index (χ1) is 13.3. The Morgan fingerprint density at radius 2 is 1.96 bits per heavy atom. The van der Waals surface area contributed by atoms with Gasteiger partial charge in [-0.1, -0.05) is 6.92 Å². The molecule has 0 radical (unpaired) electrons. The molecule has 2 atom stereocenters. The van der Waals surface area contributed by atoms with Crippen LogP contribution >= 0.6 is 0 Å². The Morgan fingerprint density at radius 3 is 2.61 bits per heavy atom. The van der Waals surface area contributed by atoms with Gasteiger partial charge in [-0.2, -0.15) is 0 Å². The summed E-state index contributed by atoms with van der Waals surface area (Å²) in [4.78, 5) is 26.6. The molecule has 8 nitrogen and oxygen atoms in total. The van der Waals surface area contributed by atoms with Gasteiger partial charge in [0.15, 0.2) is 27.9 Å². The largest absolute Gasteiger partial charge is 0.486 e. The maximum absolute atomic E-state index is 12.7. The van der Waals surface area contributed by atoms with Gasteiger partial charge < -0.3 is 19.1 Å². The van der Waals surface area contributed by atoms with Crippen LogP contribution in [0, 0.1) is 0 Å². The van der Waals surface area contributed by atoms with Crippen LogP contribution in [0.1, 0.15) is 37.0 Å². The number of carbonyl (C=O) groups excluding carboxylic acids is 2. The van der Waals surface area contributed by atoms with Crippen LogP contribution in [-0.4, -0.2) is 68.6 Å². The van der Waals surface area contributed by atoms with E-state index in [1.807, 2.05) is 13.8 Å². The van der Waals surface area contributed by atoms with Gasteiger partial charge in [-0.25, -0.2) is 13.2 Å². The maximum atomic E-state index is 12.7. The molecule has 9 heteroatoms. The summed E-state index contributed by atoms with van der Waals surface area (Å²) in [5, 5.41) is 0. The Balaban J connectivity index is 1.64. The number of amides is 1. The summed E-state index contributed by atoms with van der Waals surface area (Å²) in [6.45, 7) is 4.21. The monoisotopic (exact) mass is 411 g/mol. The number of nitrogens with zero attached hydrogens (tertiary/aromatic N) is 1. The Morgan fingerprint density at radius 1 is 1.25 bits per heavy atom. The van der Waals surface area contributed by atoms with Crippen molar-refractivity contribution in [1.82, 2.24) is 4.90 Å². The average Bonchev–Trinajstić information content (AvgIpc) is 3.04. The molecule has 0 saturated carbocycles. The zero-order valence-electron chi connectivity index (χ0n) is 16.0. The third-order valence-corrected chi connectivity index (χ3v) is 6.81. The van der Waals surface area contributed by atoms with E-state index in [1.54, 1.807) is 17.0 Å². The molecular weight excluding hydrogens is 386 g/mol. The molecule has 1 aromatic carbocycles. The summed E-state index contributed by atoms with van der Waals surface area (Å²) < 4.78 is 39.7. The minimum absolute atomic E-state index is 0.0425. The van der Waals surface area contributed by atoms with Gasteiger partial charge in [0.1, 0.15) is 13.2 Å². The Labute approximate surface area is 164 Å². The van der Waals surface area contributed by atoms with Crippen LogP contribution in [0.3, 0.4) is 0 Å². The number of sulfone groups is 1. The van der Waals surface area contributed by atoms with Crippen molar-refractivity contribution in [2.24, 2.45) is 0 Å². The summed E-state index contributed by atoms with van der Waals surface area (Å²) in [5.74, 6) is 0.0260. The molecule has 2 aliphatic heterocycles. The topological polar surface area (TPSA) is 99.2 Å². The molecular formula is C19H25NO7S. The van der Waals surface area contributed by atoms with Gasteiger partial charge in [-0.3, -0.25) is 4.79 Å². The van der Waals surface area contributed by atoms with E-state index in [2.05, 4.69) is 0 Å². The molecule has 0 aliphatic carbocycles. The number of ether oxygens (including phenoxy) is 3. The molecule has 0 aromatic heterocycles. The quantitative estimate of drug-likeness (QED) is 0.653. The number of fused-ring (bicyclic) bond motifs is 1. The summed E-state index contributed by atoms with van der Waals surface area (Å²) in [6.07, 6.45) is 1.09. The Kier molecular flexibility index (Phi) is 6.12. The van der Waals surface area contributed by atoms with E-state index >= 15 is 0 Å². The lowest BCUT2D eigenvalue weighted by Gasteiger charge is -2.33. The minimum Gasteiger partial charge on any atom is -0.486 e. The Hall–Kier alpha value is -2.29. The summed E-state index contributed by atoms with van der Waals surface area (Å²) in [5.41, 5.74) is 0.260. The lowest BCUT2D eigenvalue weighted by atomic mass is 10.1. The minimum atomic E-state index is -3.13. The molecule has 3 rings (SSSR count). The molecule has 0 bridgehead atoms. The Bertz CT molecular complexity index is 852. The second kappa shape index (κ2) is 8.38. The molecule has 0 N–H and O–H groups in total. The maximum Gasteiger partial charge on any atom is 0.338 e. The second-order valence-electron chi connectivity index (χ2n) is 7.05. The van der Waals surface area contributed by atoms with Crippen LogP contribution in [0.15, 0.2) is 18.2 Å². The van der Waals surface area contributed by atoms with Crippen molar-refractivity contribution in [1.29, 1.82) is 0 Å². The number of carbonyl (C=O) groups is 2. The number of hydrogen-bond acceptors (Lipinski definition) is 7. The van der Waals surface area contributed by atoms with Crippen molar-refractivity contribution >= 4 is 21.7 Å². The van der Waals surface area contributed by atoms with E-state index in [9.17, 15) is 18.0 Å². The molecule has 2 aliphatic rings. The van der Waals surface area contributed by atoms with E-state index in [1.165, 1.54) is 6.07 Å². The van der Waals surface area contributed by atoms with Gasteiger partial charge in [-0.05, 0) is 38.0 Å². The fraction of sp³-hybridized carbons (Fsp3) is 0.579. The van der Waals surface area contributed by atoms with Crippen molar-refractivity contribution in [3.8, 4) is 11.5 Å². The highest BCUT2D eigenvalue weighted by molar-refractivity contribution is 7.91. The van der Waals surface area contributed by atoms with Gasteiger partial charge in [0, 0.05) is 12.1 Å². The number of benzene rings is 1. The van der Waals surface area contributed by atoms with Crippen LogP contribution < -0.4 is 9.47 Å². The van der Waals surface area contributed by atoms with Gasteiger partial charge in [0.2, 0.25) is 0 Å². The fourth-order valence-corrected chi connectivity index (χ4v) is 5.17. The molecule has 154 valence electrons. The predicted octanol–water partition coefficient (Wildman–Crippen LogP) is 1.43. The second-order valence-corrected chi connectivity index (χ2v) is 9.28. The molecule has 1 amide bonds. The first-order valence-electron chi connectivity index (χ1n) is 9.39. The fourth-order valence-electron chi connectivity index (χ4n) is 3.46. The number of hydrogen-bond donors (Lipinski definition) is 0. The molecule has 0 unspecified atom stereocenters. The highest BCUT2D eigenvalue weighted by Gasteiger charge is 2.36. The van der Waals surface area contributed by atoms with E-state index < -0.39 is 22.4 Å². The van der Waals surface area contributed by atoms with Crippen LogP contribution in [0.4, 0.5) is 0 Å². The number of esters is 1. The van der Waals surface area contributed by atoms with Gasteiger partial charge in [0.05, 0.1) is 17.1 Å². The molecule has 1 aromatic rings. The molecule has 0 spiro atoms. The van der Waals surface area contributed by atoms with Crippen LogP contribution in [0.2, 0.25) is 0 Å². The van der Waals surface area contributed by atoms with Crippen molar-refractivity contribution in [3.63, 3.8) is 0 Å². The first kappa shape index (κ1) is 20.4. The summed E-state index contributed by atoms with van der Waals surface area (Å²) in [7, 11) is -3.13. The SMILES string of the molecule is CC[C@H](C)N(C(=O)COC(=O)c1ccc2c(c1)OCCO2)[C@@H]1CCS(=O)(=O)C1. The van der Waals surface area contributed by atoms with Crippen molar-refractivity contribution in [3.05, 3.63) is 23.8 Å². The highest BCUT2D eigenvalue weighted by atomic mass is 32.2. The van der Waals surface area contributed by atoms with Crippen LogP contribution in [0.5, 0.6) is 11.5 Å². The van der Waals surface area contributed by atoms with E-state index in [-0.39, 0.29) is 35.1 Å². The number of rotatable bonds is 6. The van der Waals surface area contributed by atoms with Gasteiger partial charge >= 0.3 is 5.97 Å². The predicted molar refractivity (Wildman–Crippen MR) is 101 cm³/mol. The third kappa shape index (κ3) is 4.57.